The van der Waals surface area contributed by atoms with Crippen molar-refractivity contribution in [2.24, 2.45) is 0 Å². The second-order valence-corrected chi connectivity index (χ2v) is 7.78. The van der Waals surface area contributed by atoms with Crippen molar-refractivity contribution in [2.75, 3.05) is 30.0 Å². The Bertz CT molecular complexity index is 753. The van der Waals surface area contributed by atoms with Gasteiger partial charge >= 0.3 is 0 Å². The van der Waals surface area contributed by atoms with E-state index in [0.717, 1.165) is 18.8 Å². The summed E-state index contributed by atoms with van der Waals surface area (Å²) in [6, 6.07) is 0.198. The number of imidazole rings is 1. The molecule has 0 amide bonds. The van der Waals surface area contributed by atoms with Crippen LogP contribution >= 0.6 is 11.8 Å². The van der Waals surface area contributed by atoms with Gasteiger partial charge in [-0.1, -0.05) is 6.92 Å². The molecule has 3 N–H and O–H groups in total. The highest BCUT2D eigenvalue weighted by atomic mass is 32.2. The quantitative estimate of drug-likeness (QED) is 0.654. The summed E-state index contributed by atoms with van der Waals surface area (Å²) in [6.45, 7) is 3.42. The standard InChI is InChI=1S/C16H23N5O4S/c1-2-26-6-10-12(22)13(23)16(25-10)21-8-19-11-14(17-7-18-15(11)21)20-9-3-4-24-5-9/h7-10,12-13,16,22-23H,2-6H2,1H3,(H,17,18,20)/t9-,10?,12-,13-,16?/m1/s1. The summed E-state index contributed by atoms with van der Waals surface area (Å²) in [5.41, 5.74) is 1.16. The van der Waals surface area contributed by atoms with Gasteiger partial charge in [-0.3, -0.25) is 4.57 Å². The Kier molecular flexibility index (Phi) is 5.28. The van der Waals surface area contributed by atoms with Crippen molar-refractivity contribution in [2.45, 2.75) is 43.9 Å². The van der Waals surface area contributed by atoms with E-state index in [0.29, 0.717) is 29.3 Å². The first-order valence-corrected chi connectivity index (χ1v) is 9.95. The van der Waals surface area contributed by atoms with Crippen LogP contribution in [0.5, 0.6) is 0 Å². The molecular formula is C16H23N5O4S. The van der Waals surface area contributed by atoms with Crippen LogP contribution in [-0.2, 0) is 9.47 Å². The van der Waals surface area contributed by atoms with Gasteiger partial charge in [-0.25, -0.2) is 15.0 Å². The highest BCUT2D eigenvalue weighted by Crippen LogP contribution is 2.33. The van der Waals surface area contributed by atoms with E-state index in [1.807, 2.05) is 6.92 Å². The molecule has 0 aromatic carbocycles. The monoisotopic (exact) mass is 381 g/mol. The van der Waals surface area contributed by atoms with Gasteiger partial charge in [0.15, 0.2) is 23.2 Å². The molecule has 0 saturated carbocycles. The van der Waals surface area contributed by atoms with E-state index in [2.05, 4.69) is 20.3 Å². The zero-order valence-corrected chi connectivity index (χ0v) is 15.3. The minimum Gasteiger partial charge on any atom is -0.387 e. The van der Waals surface area contributed by atoms with Crippen LogP contribution in [0.15, 0.2) is 12.7 Å². The molecule has 9 nitrogen and oxygen atoms in total. The van der Waals surface area contributed by atoms with Crippen molar-refractivity contribution < 1.29 is 19.7 Å². The van der Waals surface area contributed by atoms with Crippen LogP contribution in [0.3, 0.4) is 0 Å². The summed E-state index contributed by atoms with van der Waals surface area (Å²) in [5.74, 6) is 2.19. The second-order valence-electron chi connectivity index (χ2n) is 6.46. The Morgan fingerprint density at radius 3 is 2.96 bits per heavy atom. The van der Waals surface area contributed by atoms with Crippen LogP contribution in [0.2, 0.25) is 0 Å². The highest BCUT2D eigenvalue weighted by Gasteiger charge is 2.44. The van der Waals surface area contributed by atoms with Crippen molar-refractivity contribution in [3.8, 4) is 0 Å². The second kappa shape index (κ2) is 7.65. The molecule has 2 fully saturated rings. The predicted molar refractivity (Wildman–Crippen MR) is 97.1 cm³/mol. The fraction of sp³-hybridized carbons (Fsp3) is 0.688. The Hall–Kier alpha value is -1.46. The van der Waals surface area contributed by atoms with Crippen LogP contribution < -0.4 is 5.32 Å². The summed E-state index contributed by atoms with van der Waals surface area (Å²) in [5, 5.41) is 24.1. The first-order valence-electron chi connectivity index (χ1n) is 8.80. The van der Waals surface area contributed by atoms with Gasteiger partial charge < -0.3 is 25.0 Å². The van der Waals surface area contributed by atoms with Crippen molar-refractivity contribution >= 4 is 28.7 Å². The van der Waals surface area contributed by atoms with Crippen LogP contribution in [0.25, 0.3) is 11.2 Å². The summed E-state index contributed by atoms with van der Waals surface area (Å²) in [7, 11) is 0. The molecule has 142 valence electrons. The number of nitrogens with one attached hydrogen (secondary N) is 1. The van der Waals surface area contributed by atoms with Crippen LogP contribution in [0.1, 0.15) is 19.6 Å². The van der Waals surface area contributed by atoms with Crippen LogP contribution in [0, 0.1) is 0 Å². The lowest BCUT2D eigenvalue weighted by atomic mass is 10.1. The van der Waals surface area contributed by atoms with E-state index in [4.69, 9.17) is 9.47 Å². The van der Waals surface area contributed by atoms with Gasteiger partial charge in [0.25, 0.3) is 0 Å². The smallest absolute Gasteiger partial charge is 0.167 e. The minimum atomic E-state index is -1.04. The van der Waals surface area contributed by atoms with E-state index < -0.39 is 24.5 Å². The van der Waals surface area contributed by atoms with Gasteiger partial charge in [-0.2, -0.15) is 11.8 Å². The Labute approximate surface area is 155 Å². The minimum absolute atomic E-state index is 0.198. The predicted octanol–water partition coefficient (Wildman–Crippen LogP) is 0.399. The van der Waals surface area contributed by atoms with Crippen LogP contribution in [-0.4, -0.2) is 78.8 Å². The normalized spacial score (nSPS) is 31.7. The number of aromatic nitrogens is 4. The third-order valence-electron chi connectivity index (χ3n) is 4.73. The summed E-state index contributed by atoms with van der Waals surface area (Å²) >= 11 is 1.67. The molecule has 2 unspecified atom stereocenters. The van der Waals surface area contributed by atoms with Crippen molar-refractivity contribution in [3.05, 3.63) is 12.7 Å². The number of nitrogens with zero attached hydrogens (tertiary/aromatic N) is 4. The Morgan fingerprint density at radius 2 is 2.19 bits per heavy atom. The maximum absolute atomic E-state index is 10.4. The average Bonchev–Trinajstić information content (AvgIpc) is 3.36. The number of aliphatic hydroxyl groups is 2. The van der Waals surface area contributed by atoms with E-state index in [9.17, 15) is 10.2 Å². The number of thioether (sulfide) groups is 1. The molecule has 0 spiro atoms. The van der Waals surface area contributed by atoms with E-state index in [1.54, 1.807) is 22.7 Å². The largest absolute Gasteiger partial charge is 0.387 e. The number of hydrogen-bond donors (Lipinski definition) is 3. The molecule has 2 aliphatic rings. The van der Waals surface area contributed by atoms with E-state index in [1.165, 1.54) is 6.33 Å². The number of fused-ring (bicyclic) bond motifs is 1. The molecule has 2 aromatic heterocycles. The maximum Gasteiger partial charge on any atom is 0.167 e. The van der Waals surface area contributed by atoms with Crippen molar-refractivity contribution in [3.63, 3.8) is 0 Å². The lowest BCUT2D eigenvalue weighted by Crippen LogP contribution is -2.32. The molecular weight excluding hydrogens is 358 g/mol. The molecule has 26 heavy (non-hydrogen) atoms. The molecule has 2 aromatic rings. The molecule has 4 rings (SSSR count). The molecule has 10 heteroatoms. The molecule has 2 aliphatic heterocycles. The molecule has 2 saturated heterocycles. The number of rotatable bonds is 6. The zero-order chi connectivity index (χ0) is 18.1. The molecule has 5 atom stereocenters. The van der Waals surface area contributed by atoms with Gasteiger partial charge in [0, 0.05) is 12.4 Å². The number of hydrogen-bond acceptors (Lipinski definition) is 9. The van der Waals surface area contributed by atoms with E-state index >= 15 is 0 Å². The molecule has 4 heterocycles. The van der Waals surface area contributed by atoms with Gasteiger partial charge in [-0.05, 0) is 12.2 Å². The Balaban J connectivity index is 1.59. The van der Waals surface area contributed by atoms with Gasteiger partial charge in [0.1, 0.15) is 18.5 Å². The van der Waals surface area contributed by atoms with Gasteiger partial charge in [0.05, 0.1) is 25.1 Å². The van der Waals surface area contributed by atoms with Gasteiger partial charge in [-0.15, -0.1) is 0 Å². The SMILES string of the molecule is CCSCC1OC(n2cnc3c(N[C@@H]4CCOC4)ncnc32)[C@H](O)[C@@H]1O. The van der Waals surface area contributed by atoms with Gasteiger partial charge in [0.2, 0.25) is 0 Å². The summed E-state index contributed by atoms with van der Waals surface area (Å²) in [6.07, 6.45) is 0.824. The third-order valence-corrected chi connectivity index (χ3v) is 5.70. The number of anilines is 1. The average molecular weight is 381 g/mol. The number of ether oxygens (including phenoxy) is 2. The van der Waals surface area contributed by atoms with Crippen molar-refractivity contribution in [1.82, 2.24) is 19.5 Å². The highest BCUT2D eigenvalue weighted by molar-refractivity contribution is 7.99. The zero-order valence-electron chi connectivity index (χ0n) is 14.5. The third kappa shape index (κ3) is 3.27. The van der Waals surface area contributed by atoms with Crippen molar-refractivity contribution in [1.29, 1.82) is 0 Å². The Morgan fingerprint density at radius 1 is 1.31 bits per heavy atom. The molecule has 0 bridgehead atoms. The number of aliphatic hydroxyl groups excluding tert-OH is 2. The summed E-state index contributed by atoms with van der Waals surface area (Å²) in [4.78, 5) is 13.0. The first-order chi connectivity index (χ1) is 12.7. The van der Waals surface area contributed by atoms with E-state index in [-0.39, 0.29) is 6.04 Å². The molecule has 0 aliphatic carbocycles. The van der Waals surface area contributed by atoms with Crippen LogP contribution in [0.4, 0.5) is 5.82 Å². The lowest BCUT2D eigenvalue weighted by molar-refractivity contribution is -0.0288. The summed E-state index contributed by atoms with van der Waals surface area (Å²) < 4.78 is 13.0. The maximum atomic E-state index is 10.4. The molecule has 0 radical (unpaired) electrons. The fourth-order valence-electron chi connectivity index (χ4n) is 3.32. The first kappa shape index (κ1) is 17.9. The lowest BCUT2D eigenvalue weighted by Gasteiger charge is -2.17. The fourth-order valence-corrected chi connectivity index (χ4v) is 4.06. The topological polar surface area (TPSA) is 115 Å².